The maximum absolute atomic E-state index is 12.4. The minimum Gasteiger partial charge on any atom is -0.497 e. The Morgan fingerprint density at radius 3 is 2.33 bits per heavy atom. The van der Waals surface area contributed by atoms with Crippen LogP contribution < -0.4 is 15.4 Å². The van der Waals surface area contributed by atoms with E-state index in [-0.39, 0.29) is 23.8 Å². The number of nitrogens with zero attached hydrogens (tertiary/aromatic N) is 2. The van der Waals surface area contributed by atoms with Gasteiger partial charge in [-0.3, -0.25) is 14.6 Å². The van der Waals surface area contributed by atoms with Gasteiger partial charge in [-0.1, -0.05) is 12.1 Å². The van der Waals surface area contributed by atoms with Crippen LogP contribution in [0.4, 0.5) is 5.69 Å². The summed E-state index contributed by atoms with van der Waals surface area (Å²) in [5, 5.41) is 5.47. The molecule has 0 unspecified atom stereocenters. The Bertz CT molecular complexity index is 927. The third kappa shape index (κ3) is 4.88. The Kier molecular flexibility index (Phi) is 5.73. The van der Waals surface area contributed by atoms with Gasteiger partial charge in [-0.15, -0.1) is 0 Å². The predicted molar refractivity (Wildman–Crippen MR) is 101 cm³/mol. The summed E-state index contributed by atoms with van der Waals surface area (Å²) in [6.07, 6.45) is 1.66. The molecule has 0 saturated heterocycles. The molecule has 2 heterocycles. The van der Waals surface area contributed by atoms with Crippen LogP contribution in [0.5, 0.6) is 5.75 Å². The van der Waals surface area contributed by atoms with E-state index < -0.39 is 5.91 Å². The van der Waals surface area contributed by atoms with E-state index in [9.17, 15) is 9.59 Å². The first-order valence-electron chi connectivity index (χ1n) is 8.26. The second-order valence-electron chi connectivity index (χ2n) is 5.59. The molecule has 2 aromatic heterocycles. The Balaban J connectivity index is 1.64. The minimum absolute atomic E-state index is 0.149. The summed E-state index contributed by atoms with van der Waals surface area (Å²) in [5.41, 5.74) is 1.65. The van der Waals surface area contributed by atoms with Crippen LogP contribution in [0.25, 0.3) is 0 Å². The van der Waals surface area contributed by atoms with E-state index in [4.69, 9.17) is 4.74 Å². The normalized spacial score (nSPS) is 10.1. The number of benzene rings is 1. The lowest BCUT2D eigenvalue weighted by atomic mass is 10.2. The molecule has 0 saturated carbocycles. The molecule has 0 atom stereocenters. The van der Waals surface area contributed by atoms with E-state index in [0.29, 0.717) is 11.4 Å². The summed E-state index contributed by atoms with van der Waals surface area (Å²) in [6.45, 7) is 0.281. The Hall–Kier alpha value is -3.74. The van der Waals surface area contributed by atoms with Gasteiger partial charge >= 0.3 is 0 Å². The van der Waals surface area contributed by atoms with Gasteiger partial charge in [0.1, 0.15) is 17.1 Å². The number of ether oxygens (including phenoxy) is 1. The van der Waals surface area contributed by atoms with Crippen molar-refractivity contribution in [2.45, 2.75) is 6.54 Å². The summed E-state index contributed by atoms with van der Waals surface area (Å²) in [5.74, 6) is -0.0861. The molecule has 0 aliphatic carbocycles. The SMILES string of the molecule is COc1ccc(NC(=O)c2cccc(C(=O)NCc3ccccn3)n2)cc1. The topological polar surface area (TPSA) is 93.2 Å². The maximum Gasteiger partial charge on any atom is 0.274 e. The summed E-state index contributed by atoms with van der Waals surface area (Å²) >= 11 is 0. The van der Waals surface area contributed by atoms with E-state index in [1.165, 1.54) is 0 Å². The van der Waals surface area contributed by atoms with Gasteiger partial charge in [-0.25, -0.2) is 4.98 Å². The van der Waals surface area contributed by atoms with Crippen LogP contribution in [0.3, 0.4) is 0 Å². The number of anilines is 1. The van der Waals surface area contributed by atoms with Crippen LogP contribution in [0, 0.1) is 0 Å². The van der Waals surface area contributed by atoms with Crippen molar-refractivity contribution >= 4 is 17.5 Å². The molecule has 0 radical (unpaired) electrons. The largest absolute Gasteiger partial charge is 0.497 e. The second kappa shape index (κ2) is 8.57. The fourth-order valence-electron chi connectivity index (χ4n) is 2.32. The smallest absolute Gasteiger partial charge is 0.274 e. The lowest BCUT2D eigenvalue weighted by Crippen LogP contribution is -2.25. The predicted octanol–water partition coefficient (Wildman–Crippen LogP) is 2.67. The van der Waals surface area contributed by atoms with Gasteiger partial charge in [-0.05, 0) is 48.5 Å². The fraction of sp³-hybridized carbons (Fsp3) is 0.100. The highest BCUT2D eigenvalue weighted by molar-refractivity contribution is 6.03. The van der Waals surface area contributed by atoms with Crippen molar-refractivity contribution < 1.29 is 14.3 Å². The third-order valence-electron chi connectivity index (χ3n) is 3.72. The number of rotatable bonds is 6. The molecule has 3 rings (SSSR count). The van der Waals surface area contributed by atoms with Crippen LogP contribution >= 0.6 is 0 Å². The van der Waals surface area contributed by atoms with Crippen LogP contribution in [0.15, 0.2) is 66.9 Å². The molecule has 7 heteroatoms. The van der Waals surface area contributed by atoms with Gasteiger partial charge in [0.05, 0.1) is 19.3 Å². The van der Waals surface area contributed by atoms with Gasteiger partial charge in [0.2, 0.25) is 0 Å². The molecule has 0 aliphatic heterocycles. The average molecular weight is 362 g/mol. The number of hydrogen-bond acceptors (Lipinski definition) is 5. The lowest BCUT2D eigenvalue weighted by Gasteiger charge is -2.08. The first-order chi connectivity index (χ1) is 13.2. The molecule has 0 bridgehead atoms. The molecule has 0 aliphatic rings. The van der Waals surface area contributed by atoms with Crippen molar-refractivity contribution in [2.24, 2.45) is 0 Å². The highest BCUT2D eigenvalue weighted by Gasteiger charge is 2.12. The minimum atomic E-state index is -0.403. The maximum atomic E-state index is 12.4. The Labute approximate surface area is 156 Å². The standard InChI is InChI=1S/C20H18N4O3/c1-27-16-10-8-14(9-11-16)23-20(26)18-7-4-6-17(24-18)19(25)22-13-15-5-2-3-12-21-15/h2-12H,13H2,1H3,(H,22,25)(H,23,26). The zero-order valence-electron chi connectivity index (χ0n) is 14.7. The van der Waals surface area contributed by atoms with E-state index in [2.05, 4.69) is 20.6 Å². The zero-order chi connectivity index (χ0) is 19.1. The summed E-state index contributed by atoms with van der Waals surface area (Å²) < 4.78 is 5.08. The summed E-state index contributed by atoms with van der Waals surface area (Å²) in [7, 11) is 1.57. The van der Waals surface area contributed by atoms with Crippen molar-refractivity contribution in [2.75, 3.05) is 12.4 Å². The van der Waals surface area contributed by atoms with Gasteiger partial charge in [0, 0.05) is 11.9 Å². The Morgan fingerprint density at radius 2 is 1.67 bits per heavy atom. The van der Waals surface area contributed by atoms with Crippen molar-refractivity contribution in [3.63, 3.8) is 0 Å². The van der Waals surface area contributed by atoms with Crippen molar-refractivity contribution in [1.82, 2.24) is 15.3 Å². The van der Waals surface area contributed by atoms with Crippen LogP contribution in [0.2, 0.25) is 0 Å². The first kappa shape index (κ1) is 18.1. The molecule has 2 amide bonds. The van der Waals surface area contributed by atoms with Gasteiger partial charge in [0.25, 0.3) is 11.8 Å². The molecule has 0 fully saturated rings. The molecule has 2 N–H and O–H groups in total. The molecule has 7 nitrogen and oxygen atoms in total. The summed E-state index contributed by atoms with van der Waals surface area (Å²) in [4.78, 5) is 32.9. The number of pyridine rings is 2. The van der Waals surface area contributed by atoms with E-state index in [1.54, 1.807) is 61.8 Å². The highest BCUT2D eigenvalue weighted by Crippen LogP contribution is 2.15. The zero-order valence-corrected chi connectivity index (χ0v) is 14.7. The second-order valence-corrected chi connectivity index (χ2v) is 5.59. The molecule has 3 aromatic rings. The molecule has 0 spiro atoms. The lowest BCUT2D eigenvalue weighted by molar-refractivity contribution is 0.0945. The molecule has 27 heavy (non-hydrogen) atoms. The number of aromatic nitrogens is 2. The number of carbonyl (C=O) groups is 2. The van der Waals surface area contributed by atoms with Crippen LogP contribution in [-0.4, -0.2) is 28.9 Å². The summed E-state index contributed by atoms with van der Waals surface area (Å²) in [6, 6.07) is 17.1. The monoisotopic (exact) mass is 362 g/mol. The van der Waals surface area contributed by atoms with Gasteiger partial charge in [-0.2, -0.15) is 0 Å². The molecule has 1 aromatic carbocycles. The Morgan fingerprint density at radius 1 is 0.926 bits per heavy atom. The van der Waals surface area contributed by atoms with Gasteiger partial charge in [0.15, 0.2) is 0 Å². The van der Waals surface area contributed by atoms with E-state index in [0.717, 1.165) is 5.69 Å². The third-order valence-corrected chi connectivity index (χ3v) is 3.72. The quantitative estimate of drug-likeness (QED) is 0.703. The molecular weight excluding hydrogens is 344 g/mol. The highest BCUT2D eigenvalue weighted by atomic mass is 16.5. The van der Waals surface area contributed by atoms with E-state index in [1.807, 2.05) is 12.1 Å². The molecular formula is C20H18N4O3. The van der Waals surface area contributed by atoms with Crippen LogP contribution in [0.1, 0.15) is 26.7 Å². The van der Waals surface area contributed by atoms with Crippen molar-refractivity contribution in [3.8, 4) is 5.75 Å². The van der Waals surface area contributed by atoms with Gasteiger partial charge < -0.3 is 15.4 Å². The number of nitrogens with one attached hydrogen (secondary N) is 2. The van der Waals surface area contributed by atoms with E-state index >= 15 is 0 Å². The first-order valence-corrected chi connectivity index (χ1v) is 8.26. The number of methoxy groups -OCH3 is 1. The van der Waals surface area contributed by atoms with Crippen molar-refractivity contribution in [3.05, 3.63) is 83.9 Å². The number of hydrogen-bond donors (Lipinski definition) is 2. The van der Waals surface area contributed by atoms with Crippen molar-refractivity contribution in [1.29, 1.82) is 0 Å². The fourth-order valence-corrected chi connectivity index (χ4v) is 2.32. The number of carbonyl (C=O) groups excluding carboxylic acids is 2. The number of amides is 2. The van der Waals surface area contributed by atoms with Crippen LogP contribution in [-0.2, 0) is 6.54 Å². The average Bonchev–Trinajstić information content (AvgIpc) is 2.73. The molecule has 136 valence electrons.